The van der Waals surface area contributed by atoms with Gasteiger partial charge in [-0.15, -0.1) is 0 Å². The van der Waals surface area contributed by atoms with E-state index in [2.05, 4.69) is 102 Å². The summed E-state index contributed by atoms with van der Waals surface area (Å²) < 4.78 is 10.7. The number of aromatic nitrogens is 5. The van der Waals surface area contributed by atoms with Gasteiger partial charge in [-0.2, -0.15) is 9.97 Å². The van der Waals surface area contributed by atoms with E-state index in [1.54, 1.807) is 0 Å². The maximum atomic E-state index is 13.7. The van der Waals surface area contributed by atoms with E-state index in [0.717, 1.165) is 66.0 Å². The second-order valence-corrected chi connectivity index (χ2v) is 14.8. The summed E-state index contributed by atoms with van der Waals surface area (Å²) in [6, 6.07) is 64.0. The first kappa shape index (κ1) is 33.0. The van der Waals surface area contributed by atoms with Crippen molar-refractivity contribution in [2.75, 3.05) is 0 Å². The number of fused-ring (bicyclic) bond motifs is 10. The molecule has 4 aromatic heterocycles. The molecule has 7 nitrogen and oxygen atoms in total. The van der Waals surface area contributed by atoms with Crippen molar-refractivity contribution in [2.24, 2.45) is 0 Å². The van der Waals surface area contributed by atoms with Crippen molar-refractivity contribution >= 4 is 65.4 Å². The average molecular weight is 758 g/mol. The fourth-order valence-electron chi connectivity index (χ4n) is 8.73. The average Bonchev–Trinajstić information content (AvgIpc) is 3.82. The molecule has 0 N–H and O–H groups in total. The van der Waals surface area contributed by atoms with E-state index in [1.807, 2.05) is 95.6 Å². The van der Waals surface area contributed by atoms with Gasteiger partial charge >= 0.3 is 5.63 Å². The Morgan fingerprint density at radius 3 is 1.54 bits per heavy atom. The Labute approximate surface area is 336 Å². The predicted octanol–water partition coefficient (Wildman–Crippen LogP) is 12.3. The molecular weight excluding hydrogens is 727 g/mol. The Morgan fingerprint density at radius 1 is 0.373 bits per heavy atom. The number of rotatable bonds is 5. The molecule has 12 rings (SSSR count). The molecule has 8 aromatic carbocycles. The molecule has 0 unspecified atom stereocenters. The summed E-state index contributed by atoms with van der Waals surface area (Å²) in [6.07, 6.45) is 0. The highest BCUT2D eigenvalue weighted by atomic mass is 16.4. The minimum absolute atomic E-state index is 0.397. The fourth-order valence-corrected chi connectivity index (χ4v) is 8.73. The Balaban J connectivity index is 1.15. The smallest absolute Gasteiger partial charge is 0.344 e. The highest BCUT2D eigenvalue weighted by Gasteiger charge is 2.23. The van der Waals surface area contributed by atoms with Crippen molar-refractivity contribution in [3.05, 3.63) is 198 Å². The van der Waals surface area contributed by atoms with Gasteiger partial charge in [0.1, 0.15) is 5.52 Å². The minimum Gasteiger partial charge on any atom is -0.420 e. The lowest BCUT2D eigenvalue weighted by Gasteiger charge is -2.12. The molecule has 0 aliphatic carbocycles. The predicted molar refractivity (Wildman–Crippen MR) is 238 cm³/mol. The molecule has 0 spiro atoms. The Hall–Kier alpha value is -8.16. The maximum Gasteiger partial charge on any atom is 0.344 e. The first-order chi connectivity index (χ1) is 29.2. The van der Waals surface area contributed by atoms with Crippen molar-refractivity contribution in [2.45, 2.75) is 0 Å². The van der Waals surface area contributed by atoms with Crippen LogP contribution in [0.15, 0.2) is 197 Å². The summed E-state index contributed by atoms with van der Waals surface area (Å²) >= 11 is 0. The van der Waals surface area contributed by atoms with Gasteiger partial charge in [-0.3, -0.25) is 4.57 Å². The topological polar surface area (TPSA) is 78.7 Å². The summed E-state index contributed by atoms with van der Waals surface area (Å²) in [5, 5.41) is 6.45. The first-order valence-corrected chi connectivity index (χ1v) is 19.6. The number of benzene rings is 8. The third kappa shape index (κ3) is 5.15. The van der Waals surface area contributed by atoms with Crippen LogP contribution in [-0.4, -0.2) is 24.1 Å². The number of nitrogens with zero attached hydrogens (tertiary/aromatic N) is 5. The zero-order valence-electron chi connectivity index (χ0n) is 31.5. The van der Waals surface area contributed by atoms with Gasteiger partial charge in [-0.1, -0.05) is 133 Å². The third-order valence-electron chi connectivity index (χ3n) is 11.4. The summed E-state index contributed by atoms with van der Waals surface area (Å²) in [6.45, 7) is 0. The molecule has 0 aliphatic heterocycles. The zero-order valence-corrected chi connectivity index (χ0v) is 31.5. The van der Waals surface area contributed by atoms with Crippen LogP contribution in [0.4, 0.5) is 0 Å². The van der Waals surface area contributed by atoms with E-state index in [4.69, 9.17) is 19.4 Å². The zero-order chi connectivity index (χ0) is 39.0. The second-order valence-electron chi connectivity index (χ2n) is 14.8. The molecule has 0 fully saturated rings. The Kier molecular flexibility index (Phi) is 7.24. The summed E-state index contributed by atoms with van der Waals surface area (Å²) in [4.78, 5) is 29.0. The lowest BCUT2D eigenvalue weighted by molar-refractivity contribution is 0.571. The highest BCUT2D eigenvalue weighted by molar-refractivity contribution is 6.21. The van der Waals surface area contributed by atoms with Gasteiger partial charge < -0.3 is 8.98 Å². The Morgan fingerprint density at radius 2 is 0.881 bits per heavy atom. The molecular formula is C52H31N5O2. The molecule has 59 heavy (non-hydrogen) atoms. The molecule has 276 valence electrons. The van der Waals surface area contributed by atoms with Crippen molar-refractivity contribution < 1.29 is 4.42 Å². The minimum atomic E-state index is -0.397. The maximum absolute atomic E-state index is 13.7. The van der Waals surface area contributed by atoms with Crippen LogP contribution in [0.1, 0.15) is 0 Å². The molecule has 0 saturated heterocycles. The normalized spacial score (nSPS) is 11.8. The molecule has 12 aromatic rings. The quantitative estimate of drug-likeness (QED) is 0.129. The van der Waals surface area contributed by atoms with Gasteiger partial charge in [0.25, 0.3) is 0 Å². The number of hydrogen-bond donors (Lipinski definition) is 0. The molecule has 0 amide bonds. The molecule has 4 heterocycles. The second kappa shape index (κ2) is 12.9. The van der Waals surface area contributed by atoms with Crippen LogP contribution < -0.4 is 5.63 Å². The van der Waals surface area contributed by atoms with E-state index in [-0.39, 0.29) is 0 Å². The summed E-state index contributed by atoms with van der Waals surface area (Å²) in [5.41, 5.74) is 8.96. The van der Waals surface area contributed by atoms with E-state index in [1.165, 1.54) is 10.8 Å². The van der Waals surface area contributed by atoms with Crippen molar-refractivity contribution in [3.63, 3.8) is 0 Å². The van der Waals surface area contributed by atoms with Crippen LogP contribution in [0.2, 0.25) is 0 Å². The summed E-state index contributed by atoms with van der Waals surface area (Å²) in [7, 11) is 0. The number of para-hydroxylation sites is 2. The van der Waals surface area contributed by atoms with E-state index in [9.17, 15) is 4.79 Å². The largest absolute Gasteiger partial charge is 0.420 e. The SMILES string of the molecule is O=c1oc2c(ccc3c4cc(-c5ccc6c(c5)c5ccccc5n6-c5ccccc5)ccc4n(-c4nc(-c5ccccc5)nc(-c5ccccc5)n4)c32)c2ccccc12. The molecule has 0 aliphatic rings. The standard InChI is InChI=1S/C52H31N5O2/c58-51-41-22-11-10-20-37(41)40-27-26-39-43-31-35(34-24-28-45-42(30-34)38-21-12-13-23-44(38)56(45)36-18-8-3-9-19-36)25-29-46(43)57(47(39)48(40)59-51)52-54-49(32-14-4-1-5-15-32)53-50(55-52)33-16-6-2-7-17-33/h1-31H. The molecule has 0 bridgehead atoms. The lowest BCUT2D eigenvalue weighted by atomic mass is 10.00. The van der Waals surface area contributed by atoms with Gasteiger partial charge in [-0.25, -0.2) is 9.78 Å². The Bertz CT molecular complexity index is 3630. The van der Waals surface area contributed by atoms with Crippen LogP contribution in [0.3, 0.4) is 0 Å². The molecule has 0 atom stereocenters. The fraction of sp³-hybridized carbons (Fsp3) is 0. The van der Waals surface area contributed by atoms with Crippen molar-refractivity contribution in [1.82, 2.24) is 24.1 Å². The van der Waals surface area contributed by atoms with Gasteiger partial charge in [0.15, 0.2) is 17.2 Å². The van der Waals surface area contributed by atoms with Crippen LogP contribution in [0, 0.1) is 0 Å². The summed E-state index contributed by atoms with van der Waals surface area (Å²) in [5.74, 6) is 1.50. The van der Waals surface area contributed by atoms with Crippen LogP contribution in [-0.2, 0) is 0 Å². The number of hydrogen-bond acceptors (Lipinski definition) is 5. The lowest BCUT2D eigenvalue weighted by Crippen LogP contribution is -2.07. The monoisotopic (exact) mass is 757 g/mol. The van der Waals surface area contributed by atoms with Crippen LogP contribution in [0.25, 0.3) is 111 Å². The third-order valence-corrected chi connectivity index (χ3v) is 11.4. The molecule has 0 saturated carbocycles. The van der Waals surface area contributed by atoms with Gasteiger partial charge in [-0.05, 0) is 71.1 Å². The highest BCUT2D eigenvalue weighted by Crippen LogP contribution is 2.41. The van der Waals surface area contributed by atoms with Crippen molar-refractivity contribution in [1.29, 1.82) is 0 Å². The first-order valence-electron chi connectivity index (χ1n) is 19.6. The van der Waals surface area contributed by atoms with Crippen molar-refractivity contribution in [3.8, 4) is 45.5 Å². The van der Waals surface area contributed by atoms with E-state index >= 15 is 0 Å². The molecule has 7 heteroatoms. The van der Waals surface area contributed by atoms with Gasteiger partial charge in [0.2, 0.25) is 5.95 Å². The van der Waals surface area contributed by atoms with Gasteiger partial charge in [0.05, 0.1) is 21.9 Å². The van der Waals surface area contributed by atoms with Gasteiger partial charge in [0, 0.05) is 43.7 Å². The van der Waals surface area contributed by atoms with Crippen LogP contribution in [0.5, 0.6) is 0 Å². The van der Waals surface area contributed by atoms with E-state index in [0.29, 0.717) is 34.1 Å². The molecule has 0 radical (unpaired) electrons. The van der Waals surface area contributed by atoms with Crippen LogP contribution >= 0.6 is 0 Å². The van der Waals surface area contributed by atoms with E-state index < -0.39 is 5.63 Å².